The van der Waals surface area contributed by atoms with E-state index in [1.54, 1.807) is 18.2 Å². The summed E-state index contributed by atoms with van der Waals surface area (Å²) in [5.41, 5.74) is 3.33. The predicted octanol–water partition coefficient (Wildman–Crippen LogP) is 5.14. The van der Waals surface area contributed by atoms with Gasteiger partial charge < -0.3 is 10.6 Å². The fraction of sp³-hybridized carbons (Fsp3) is 0.130. The smallest absolute Gasteiger partial charge is 0.251 e. The van der Waals surface area contributed by atoms with E-state index in [-0.39, 0.29) is 11.8 Å². The Balaban J connectivity index is 1.43. The van der Waals surface area contributed by atoms with Crippen molar-refractivity contribution >= 4 is 40.9 Å². The van der Waals surface area contributed by atoms with Gasteiger partial charge in [-0.3, -0.25) is 9.59 Å². The number of hydrogen-bond acceptors (Lipinski definition) is 3. The molecule has 3 aromatic rings. The maximum atomic E-state index is 12.3. The molecule has 0 heterocycles. The third-order valence-electron chi connectivity index (χ3n) is 4.17. The molecule has 0 spiro atoms. The zero-order valence-corrected chi connectivity index (χ0v) is 17.3. The Morgan fingerprint density at radius 2 is 1.55 bits per heavy atom. The van der Waals surface area contributed by atoms with Crippen molar-refractivity contribution in [3.8, 4) is 0 Å². The van der Waals surface area contributed by atoms with E-state index in [2.05, 4.69) is 10.6 Å². The highest BCUT2D eigenvalue weighted by atomic mass is 35.5. The third-order valence-corrected chi connectivity index (χ3v) is 5.55. The molecule has 0 fully saturated rings. The lowest BCUT2D eigenvalue weighted by molar-refractivity contribution is -0.113. The molecule has 0 saturated carbocycles. The fourth-order valence-electron chi connectivity index (χ4n) is 2.65. The van der Waals surface area contributed by atoms with Crippen LogP contribution >= 0.6 is 23.4 Å². The number of thioether (sulfide) groups is 1. The molecule has 2 N–H and O–H groups in total. The van der Waals surface area contributed by atoms with Crippen molar-refractivity contribution in [1.29, 1.82) is 0 Å². The van der Waals surface area contributed by atoms with Crippen LogP contribution in [0.2, 0.25) is 5.02 Å². The van der Waals surface area contributed by atoms with Gasteiger partial charge in [0, 0.05) is 28.6 Å². The van der Waals surface area contributed by atoms with Crippen LogP contribution in [0, 0.1) is 0 Å². The standard InChI is InChI=1S/C23H21ClN2O2S/c24-21-9-5-4-6-19(21)14-25-23(28)18-12-10-17(11-13-18)15-29-16-22(27)26-20-7-2-1-3-8-20/h1-13H,14-16H2,(H,25,28)(H,26,27). The molecule has 3 aromatic carbocycles. The van der Waals surface area contributed by atoms with Gasteiger partial charge in [0.25, 0.3) is 5.91 Å². The summed E-state index contributed by atoms with van der Waals surface area (Å²) in [4.78, 5) is 24.3. The van der Waals surface area contributed by atoms with E-state index >= 15 is 0 Å². The first kappa shape index (κ1) is 21.0. The Kier molecular flexibility index (Phi) is 7.73. The van der Waals surface area contributed by atoms with Gasteiger partial charge in [0.1, 0.15) is 0 Å². The van der Waals surface area contributed by atoms with E-state index in [1.807, 2.05) is 60.7 Å². The second kappa shape index (κ2) is 10.7. The van der Waals surface area contributed by atoms with Gasteiger partial charge in [0.15, 0.2) is 0 Å². The van der Waals surface area contributed by atoms with Crippen molar-refractivity contribution in [2.75, 3.05) is 11.1 Å². The van der Waals surface area contributed by atoms with E-state index in [4.69, 9.17) is 11.6 Å². The number of amides is 2. The van der Waals surface area contributed by atoms with Crippen molar-refractivity contribution in [2.24, 2.45) is 0 Å². The van der Waals surface area contributed by atoms with Gasteiger partial charge in [0.2, 0.25) is 5.91 Å². The van der Waals surface area contributed by atoms with Crippen LogP contribution in [0.15, 0.2) is 78.9 Å². The molecule has 0 radical (unpaired) electrons. The lowest BCUT2D eigenvalue weighted by Crippen LogP contribution is -2.22. The van der Waals surface area contributed by atoms with Crippen LogP contribution in [-0.4, -0.2) is 17.6 Å². The number of carbonyl (C=O) groups excluding carboxylic acids is 2. The summed E-state index contributed by atoms with van der Waals surface area (Å²) in [5, 5.41) is 6.37. The molecule has 0 aromatic heterocycles. The van der Waals surface area contributed by atoms with Crippen molar-refractivity contribution in [2.45, 2.75) is 12.3 Å². The molecular weight excluding hydrogens is 404 g/mol. The van der Waals surface area contributed by atoms with Crippen LogP contribution in [0.3, 0.4) is 0 Å². The number of benzene rings is 3. The molecule has 6 heteroatoms. The van der Waals surface area contributed by atoms with Crippen LogP contribution in [0.1, 0.15) is 21.5 Å². The Morgan fingerprint density at radius 3 is 2.28 bits per heavy atom. The monoisotopic (exact) mass is 424 g/mol. The predicted molar refractivity (Wildman–Crippen MR) is 120 cm³/mol. The molecule has 0 atom stereocenters. The molecule has 4 nitrogen and oxygen atoms in total. The summed E-state index contributed by atoms with van der Waals surface area (Å²) in [7, 11) is 0. The van der Waals surface area contributed by atoms with E-state index in [0.29, 0.717) is 28.6 Å². The molecule has 0 aliphatic rings. The average Bonchev–Trinajstić information content (AvgIpc) is 2.74. The molecule has 0 aliphatic heterocycles. The molecule has 0 unspecified atom stereocenters. The number of para-hydroxylation sites is 1. The normalized spacial score (nSPS) is 10.4. The molecular formula is C23H21ClN2O2S. The molecule has 29 heavy (non-hydrogen) atoms. The Hall–Kier alpha value is -2.76. The van der Waals surface area contributed by atoms with Crippen LogP contribution < -0.4 is 10.6 Å². The van der Waals surface area contributed by atoms with Gasteiger partial charge in [-0.05, 0) is 41.5 Å². The van der Waals surface area contributed by atoms with Crippen molar-refractivity contribution in [3.63, 3.8) is 0 Å². The first-order valence-electron chi connectivity index (χ1n) is 9.15. The minimum absolute atomic E-state index is 0.0308. The third kappa shape index (κ3) is 6.66. The number of halogens is 1. The lowest BCUT2D eigenvalue weighted by Gasteiger charge is -2.08. The zero-order chi connectivity index (χ0) is 20.5. The van der Waals surface area contributed by atoms with E-state index in [9.17, 15) is 9.59 Å². The van der Waals surface area contributed by atoms with Gasteiger partial charge >= 0.3 is 0 Å². The van der Waals surface area contributed by atoms with Crippen molar-refractivity contribution < 1.29 is 9.59 Å². The van der Waals surface area contributed by atoms with Crippen LogP contribution in [0.4, 0.5) is 5.69 Å². The summed E-state index contributed by atoms with van der Waals surface area (Å²) in [6.45, 7) is 0.382. The number of rotatable bonds is 8. The topological polar surface area (TPSA) is 58.2 Å². The molecule has 0 bridgehead atoms. The minimum atomic E-state index is -0.147. The number of carbonyl (C=O) groups is 2. The fourth-order valence-corrected chi connectivity index (χ4v) is 3.64. The van der Waals surface area contributed by atoms with Crippen molar-refractivity contribution in [3.05, 3.63) is 101 Å². The lowest BCUT2D eigenvalue weighted by atomic mass is 10.1. The quantitative estimate of drug-likeness (QED) is 0.526. The molecule has 148 valence electrons. The van der Waals surface area contributed by atoms with Crippen molar-refractivity contribution in [1.82, 2.24) is 5.32 Å². The summed E-state index contributed by atoms with van der Waals surface area (Å²) >= 11 is 7.64. The largest absolute Gasteiger partial charge is 0.348 e. The van der Waals surface area contributed by atoms with E-state index in [1.165, 1.54) is 11.8 Å². The molecule has 0 saturated heterocycles. The first-order chi connectivity index (χ1) is 14.1. The Bertz CT molecular complexity index is 962. The summed E-state index contributed by atoms with van der Waals surface area (Å²) in [6, 6.07) is 24.2. The maximum absolute atomic E-state index is 12.3. The average molecular weight is 425 g/mol. The molecule has 2 amide bonds. The summed E-state index contributed by atoms with van der Waals surface area (Å²) < 4.78 is 0. The van der Waals surface area contributed by atoms with E-state index in [0.717, 1.165) is 16.8 Å². The second-order valence-electron chi connectivity index (χ2n) is 6.38. The number of nitrogens with one attached hydrogen (secondary N) is 2. The van der Waals surface area contributed by atoms with Crippen LogP contribution in [-0.2, 0) is 17.1 Å². The molecule has 0 aliphatic carbocycles. The van der Waals surface area contributed by atoms with Gasteiger partial charge in [-0.15, -0.1) is 11.8 Å². The minimum Gasteiger partial charge on any atom is -0.348 e. The number of hydrogen-bond donors (Lipinski definition) is 2. The maximum Gasteiger partial charge on any atom is 0.251 e. The van der Waals surface area contributed by atoms with Gasteiger partial charge in [0.05, 0.1) is 5.75 Å². The van der Waals surface area contributed by atoms with Gasteiger partial charge in [-0.25, -0.2) is 0 Å². The highest BCUT2D eigenvalue weighted by molar-refractivity contribution is 7.99. The summed E-state index contributed by atoms with van der Waals surface area (Å²) in [5.74, 6) is 0.890. The first-order valence-corrected chi connectivity index (χ1v) is 10.7. The second-order valence-corrected chi connectivity index (χ2v) is 7.77. The van der Waals surface area contributed by atoms with Crippen LogP contribution in [0.5, 0.6) is 0 Å². The van der Waals surface area contributed by atoms with Crippen LogP contribution in [0.25, 0.3) is 0 Å². The van der Waals surface area contributed by atoms with Gasteiger partial charge in [-0.2, -0.15) is 0 Å². The van der Waals surface area contributed by atoms with Gasteiger partial charge in [-0.1, -0.05) is 60.1 Å². The number of anilines is 1. The Labute approximate surface area is 179 Å². The molecule has 3 rings (SSSR count). The Morgan fingerprint density at radius 1 is 0.862 bits per heavy atom. The highest BCUT2D eigenvalue weighted by Crippen LogP contribution is 2.16. The highest BCUT2D eigenvalue weighted by Gasteiger charge is 2.07. The van der Waals surface area contributed by atoms with E-state index < -0.39 is 0 Å². The summed E-state index contributed by atoms with van der Waals surface area (Å²) in [6.07, 6.45) is 0. The SMILES string of the molecule is O=C(CSCc1ccc(C(=O)NCc2ccccc2Cl)cc1)Nc1ccccc1. The zero-order valence-electron chi connectivity index (χ0n) is 15.7.